The Balaban J connectivity index is 1.38. The Kier molecular flexibility index (Phi) is 16.8. The van der Waals surface area contributed by atoms with E-state index in [9.17, 15) is 29.1 Å². The maximum Gasteiger partial charge on any atom is 0.326 e. The summed E-state index contributed by atoms with van der Waals surface area (Å²) in [5.74, 6) is -2.15. The third-order valence-electron chi connectivity index (χ3n) is 11.9. The third kappa shape index (κ3) is 12.1. The molecule has 4 aliphatic rings. The largest absolute Gasteiger partial charge is 0.480 e. The molecule has 2 aliphatic heterocycles. The van der Waals surface area contributed by atoms with E-state index in [0.29, 0.717) is 64.5 Å². The molecular formula is C37H66N12O6. The number of likely N-dealkylation sites (tertiary alicyclic amines) is 2. The smallest absolute Gasteiger partial charge is 0.326 e. The van der Waals surface area contributed by atoms with Gasteiger partial charge in [-0.1, -0.05) is 25.7 Å². The topological polar surface area (TPSA) is 317 Å². The number of fused-ring (bicyclic) bond motifs is 2. The number of rotatable bonds is 20. The van der Waals surface area contributed by atoms with Crippen molar-refractivity contribution in [2.24, 2.45) is 56.2 Å². The number of hydrogen-bond acceptors (Lipinski definition) is 9. The van der Waals surface area contributed by atoms with E-state index >= 15 is 0 Å². The molecule has 2 saturated carbocycles. The van der Waals surface area contributed by atoms with Gasteiger partial charge in [0, 0.05) is 31.7 Å². The molecule has 4 fully saturated rings. The van der Waals surface area contributed by atoms with Crippen molar-refractivity contribution >= 4 is 41.5 Å². The molecule has 4 amide bonds. The van der Waals surface area contributed by atoms with Crippen LogP contribution >= 0.6 is 0 Å². The van der Waals surface area contributed by atoms with Crippen LogP contribution < -0.4 is 45.0 Å². The Morgan fingerprint density at radius 2 is 1.22 bits per heavy atom. The zero-order chi connectivity index (χ0) is 40.1. The van der Waals surface area contributed by atoms with Gasteiger partial charge in [-0.3, -0.25) is 29.2 Å². The van der Waals surface area contributed by atoms with Crippen LogP contribution in [0.2, 0.25) is 0 Å². The molecule has 0 bridgehead atoms. The van der Waals surface area contributed by atoms with E-state index in [-0.39, 0.29) is 66.5 Å². The summed E-state index contributed by atoms with van der Waals surface area (Å²) in [7, 11) is 0. The van der Waals surface area contributed by atoms with Crippen LogP contribution in [0.1, 0.15) is 116 Å². The fraction of sp³-hybridized carbons (Fsp3) is 0.811. The number of hydrogen-bond donors (Lipinski definition) is 9. The van der Waals surface area contributed by atoms with E-state index in [2.05, 4.69) is 20.6 Å². The lowest BCUT2D eigenvalue weighted by atomic mass is 9.84. The summed E-state index contributed by atoms with van der Waals surface area (Å²) in [6.45, 7) is 1.11. The molecule has 18 heteroatoms. The van der Waals surface area contributed by atoms with Crippen molar-refractivity contribution in [3.63, 3.8) is 0 Å². The maximum atomic E-state index is 14.8. The van der Waals surface area contributed by atoms with Crippen LogP contribution in [-0.4, -0.2) is 118 Å². The summed E-state index contributed by atoms with van der Waals surface area (Å²) < 4.78 is 0. The molecule has 2 heterocycles. The molecule has 2 aliphatic carbocycles. The predicted octanol–water partition coefficient (Wildman–Crippen LogP) is -0.686. The normalized spacial score (nSPS) is 26.1. The minimum absolute atomic E-state index is 0.0355. The first-order valence-corrected chi connectivity index (χ1v) is 20.4. The van der Waals surface area contributed by atoms with Gasteiger partial charge in [0.25, 0.3) is 0 Å². The second-order valence-corrected chi connectivity index (χ2v) is 15.9. The molecule has 55 heavy (non-hydrogen) atoms. The molecule has 0 radical (unpaired) electrons. The number of carboxylic acid groups (broad SMARTS) is 1. The fourth-order valence-electron chi connectivity index (χ4n) is 9.17. The zero-order valence-electron chi connectivity index (χ0n) is 32.3. The van der Waals surface area contributed by atoms with Gasteiger partial charge in [0.2, 0.25) is 23.6 Å². The highest BCUT2D eigenvalue weighted by atomic mass is 16.4. The van der Waals surface area contributed by atoms with Crippen molar-refractivity contribution in [2.75, 3.05) is 19.6 Å². The van der Waals surface area contributed by atoms with Crippen LogP contribution in [0.5, 0.6) is 0 Å². The van der Waals surface area contributed by atoms with Crippen molar-refractivity contribution in [1.82, 2.24) is 20.4 Å². The standard InChI is InChI=1S/C37H66N12O6/c38-24(12-5-8-18-45-36(40)41)31(50)44-17-7-6-13-25(39)33(52)49-28-16-4-2-11-23(28)21-30(49)34(53)48-27-15-3-1-10-22(27)20-29(48)32(51)47-26(35(54)55)14-9-19-46-37(42)43/h22-30H,1-21,38-39H2,(H,44,50)(H,47,51)(H,54,55)(H4,40,41,45)(H4,42,43,46)/t22-,23-,24-,25-,26-,27-,28-,29-,30-/m0/s1. The Hall–Kier alpha value is -4.19. The third-order valence-corrected chi connectivity index (χ3v) is 11.9. The number of unbranched alkanes of at least 4 members (excludes halogenated alkanes) is 2. The number of guanidine groups is 2. The van der Waals surface area contributed by atoms with Crippen LogP contribution in [0.4, 0.5) is 0 Å². The molecule has 4 rings (SSSR count). The van der Waals surface area contributed by atoms with Gasteiger partial charge >= 0.3 is 5.97 Å². The van der Waals surface area contributed by atoms with Crippen LogP contribution in [0.3, 0.4) is 0 Å². The second-order valence-electron chi connectivity index (χ2n) is 15.9. The van der Waals surface area contributed by atoms with Gasteiger partial charge in [0.05, 0.1) is 12.1 Å². The predicted molar refractivity (Wildman–Crippen MR) is 209 cm³/mol. The first-order chi connectivity index (χ1) is 26.3. The van der Waals surface area contributed by atoms with E-state index in [0.717, 1.165) is 57.8 Å². The highest BCUT2D eigenvalue weighted by Gasteiger charge is 2.54. The molecule has 0 unspecified atom stereocenters. The number of amides is 4. The highest BCUT2D eigenvalue weighted by molar-refractivity contribution is 5.95. The van der Waals surface area contributed by atoms with Crippen molar-refractivity contribution in [2.45, 2.75) is 158 Å². The molecule has 0 aromatic heterocycles. The molecular weight excluding hydrogens is 708 g/mol. The van der Waals surface area contributed by atoms with E-state index < -0.39 is 42.1 Å². The van der Waals surface area contributed by atoms with Crippen LogP contribution in [-0.2, 0) is 24.0 Å². The second kappa shape index (κ2) is 21.2. The number of nitrogens with two attached hydrogens (primary N) is 6. The molecule has 0 aromatic rings. The lowest BCUT2D eigenvalue weighted by Gasteiger charge is -2.39. The fourth-order valence-corrected chi connectivity index (χ4v) is 9.17. The van der Waals surface area contributed by atoms with E-state index in [4.69, 9.17) is 34.4 Å². The van der Waals surface area contributed by atoms with Crippen molar-refractivity contribution in [3.8, 4) is 0 Å². The van der Waals surface area contributed by atoms with Crippen LogP contribution in [0, 0.1) is 11.8 Å². The molecule has 18 nitrogen and oxygen atoms in total. The zero-order valence-corrected chi connectivity index (χ0v) is 32.3. The van der Waals surface area contributed by atoms with Crippen LogP contribution in [0.15, 0.2) is 9.98 Å². The average Bonchev–Trinajstić information content (AvgIpc) is 3.74. The average molecular weight is 775 g/mol. The molecule has 310 valence electrons. The Morgan fingerprint density at radius 3 is 1.84 bits per heavy atom. The lowest BCUT2D eigenvalue weighted by Crippen LogP contribution is -2.59. The molecule has 0 spiro atoms. The summed E-state index contributed by atoms with van der Waals surface area (Å²) in [5.41, 5.74) is 34.0. The van der Waals surface area contributed by atoms with E-state index in [1.54, 1.807) is 9.80 Å². The first kappa shape index (κ1) is 43.5. The quantitative estimate of drug-likeness (QED) is 0.0422. The SMILES string of the molecule is NC(N)=NCCCC[C@H](N)C(=O)NCCCC[C@H](N)C(=O)N1[C@H](C(=O)N2[C@H](C(=O)N[C@@H](CCCN=C(N)N)C(=O)O)C[C@@H]3CCCC[C@@H]32)C[C@@H]2CCCC[C@@H]21. The van der Waals surface area contributed by atoms with Gasteiger partial charge in [-0.25, -0.2) is 4.79 Å². The Labute approximate surface area is 324 Å². The monoisotopic (exact) mass is 775 g/mol. The minimum Gasteiger partial charge on any atom is -0.480 e. The van der Waals surface area contributed by atoms with Gasteiger partial charge in [0.15, 0.2) is 11.9 Å². The van der Waals surface area contributed by atoms with Gasteiger partial charge in [-0.15, -0.1) is 0 Å². The highest BCUT2D eigenvalue weighted by Crippen LogP contribution is 2.44. The van der Waals surface area contributed by atoms with Gasteiger partial charge in [-0.2, -0.15) is 0 Å². The summed E-state index contributed by atoms with van der Waals surface area (Å²) in [6.07, 6.45) is 12.3. The Bertz CT molecular complexity index is 1390. The van der Waals surface area contributed by atoms with Gasteiger partial charge < -0.3 is 59.9 Å². The van der Waals surface area contributed by atoms with E-state index in [1.165, 1.54) is 0 Å². The number of aliphatic carboxylic acids is 1. The maximum absolute atomic E-state index is 14.8. The van der Waals surface area contributed by atoms with Crippen molar-refractivity contribution in [3.05, 3.63) is 0 Å². The summed E-state index contributed by atoms with van der Waals surface area (Å²) >= 11 is 0. The summed E-state index contributed by atoms with van der Waals surface area (Å²) in [6, 6.07) is -4.44. The number of carboxylic acids is 1. The summed E-state index contributed by atoms with van der Waals surface area (Å²) in [5, 5.41) is 15.5. The number of aliphatic imine (C=N–C) groups is 2. The summed E-state index contributed by atoms with van der Waals surface area (Å²) in [4.78, 5) is 78.8. The molecule has 2 saturated heterocycles. The minimum atomic E-state index is -1.17. The number of carbonyl (C=O) groups excluding carboxylic acids is 4. The number of nitrogens with zero attached hydrogens (tertiary/aromatic N) is 4. The Morgan fingerprint density at radius 1 is 0.673 bits per heavy atom. The van der Waals surface area contributed by atoms with Crippen LogP contribution in [0.25, 0.3) is 0 Å². The van der Waals surface area contributed by atoms with Crippen molar-refractivity contribution in [1.29, 1.82) is 0 Å². The van der Waals surface area contributed by atoms with Gasteiger partial charge in [0.1, 0.15) is 18.1 Å². The van der Waals surface area contributed by atoms with Gasteiger partial charge in [-0.05, 0) is 102 Å². The first-order valence-electron chi connectivity index (χ1n) is 20.4. The lowest BCUT2D eigenvalue weighted by molar-refractivity contribution is -0.151. The van der Waals surface area contributed by atoms with Crippen molar-refractivity contribution < 1.29 is 29.1 Å². The molecule has 15 N–H and O–H groups in total. The number of nitrogens with one attached hydrogen (secondary N) is 2. The number of carbonyl (C=O) groups is 5. The van der Waals surface area contributed by atoms with E-state index in [1.807, 2.05) is 0 Å². The molecule has 9 atom stereocenters. The molecule has 0 aromatic carbocycles.